The first kappa shape index (κ1) is 9.83. The van der Waals surface area contributed by atoms with Crippen LogP contribution in [0.3, 0.4) is 0 Å². The van der Waals surface area contributed by atoms with Gasteiger partial charge in [0.1, 0.15) is 0 Å². The molecule has 5 heteroatoms. The summed E-state index contributed by atoms with van der Waals surface area (Å²) in [4.78, 5) is 20.9. The molecule has 1 saturated carbocycles. The minimum Gasteiger partial charge on any atom is -0.359 e. The molecule has 0 unspecified atom stereocenters. The predicted molar refractivity (Wildman–Crippen MR) is 48.2 cm³/mol. The van der Waals surface area contributed by atoms with Crippen LogP contribution in [0.15, 0.2) is 0 Å². The molecule has 1 aliphatic rings. The molecule has 0 heterocycles. The van der Waals surface area contributed by atoms with Gasteiger partial charge in [-0.1, -0.05) is 0 Å². The number of hydrogen-bond acceptors (Lipinski definition) is 2. The second kappa shape index (κ2) is 5.40. The molecule has 0 radical (unpaired) electrons. The maximum atomic E-state index is 11.0. The molecule has 1 aliphatic carbocycles. The Morgan fingerprint density at radius 1 is 1.38 bits per heavy atom. The van der Waals surface area contributed by atoms with Crippen molar-refractivity contribution in [3.8, 4) is 0 Å². The summed E-state index contributed by atoms with van der Waals surface area (Å²) in [5.74, 6) is 0. The van der Waals surface area contributed by atoms with E-state index >= 15 is 0 Å². The number of carbonyl (C=O) groups excluding carboxylic acids is 2. The van der Waals surface area contributed by atoms with E-state index in [0.29, 0.717) is 25.5 Å². The van der Waals surface area contributed by atoms with Crippen LogP contribution in [0.5, 0.6) is 0 Å². The van der Waals surface area contributed by atoms with E-state index in [-0.39, 0.29) is 6.03 Å². The number of carbonyl (C=O) groups is 2. The van der Waals surface area contributed by atoms with E-state index in [1.807, 2.05) is 0 Å². The zero-order valence-electron chi connectivity index (χ0n) is 7.51. The van der Waals surface area contributed by atoms with Crippen molar-refractivity contribution in [2.75, 3.05) is 13.1 Å². The average Bonchev–Trinajstić information content (AvgIpc) is 2.88. The molecule has 0 spiro atoms. The van der Waals surface area contributed by atoms with Crippen molar-refractivity contribution < 1.29 is 9.59 Å². The monoisotopic (exact) mass is 185 g/mol. The summed E-state index contributed by atoms with van der Waals surface area (Å²) in [5.41, 5.74) is 0. The van der Waals surface area contributed by atoms with Crippen LogP contribution in [-0.4, -0.2) is 31.6 Å². The highest BCUT2D eigenvalue weighted by molar-refractivity contribution is 5.74. The van der Waals surface area contributed by atoms with E-state index in [2.05, 4.69) is 16.0 Å². The van der Waals surface area contributed by atoms with Crippen molar-refractivity contribution in [1.82, 2.24) is 16.0 Å². The van der Waals surface area contributed by atoms with Crippen molar-refractivity contribution in [2.45, 2.75) is 25.3 Å². The topological polar surface area (TPSA) is 70.2 Å². The molecular formula is C8H15N3O2. The summed E-state index contributed by atoms with van der Waals surface area (Å²) >= 11 is 0. The highest BCUT2D eigenvalue weighted by Crippen LogP contribution is 2.17. The lowest BCUT2D eigenvalue weighted by molar-refractivity contribution is -0.109. The normalized spacial score (nSPS) is 14.8. The largest absolute Gasteiger partial charge is 0.359 e. The fraction of sp³-hybridized carbons (Fsp3) is 0.750. The van der Waals surface area contributed by atoms with Gasteiger partial charge in [-0.3, -0.25) is 4.79 Å². The van der Waals surface area contributed by atoms with Gasteiger partial charge >= 0.3 is 6.03 Å². The van der Waals surface area contributed by atoms with Gasteiger partial charge in [0, 0.05) is 19.1 Å². The minimum atomic E-state index is -0.103. The Morgan fingerprint density at radius 2 is 2.15 bits per heavy atom. The van der Waals surface area contributed by atoms with Gasteiger partial charge in [0.25, 0.3) is 0 Å². The van der Waals surface area contributed by atoms with Gasteiger partial charge in [-0.2, -0.15) is 0 Å². The second-order valence-corrected chi connectivity index (χ2v) is 3.10. The molecule has 1 fully saturated rings. The van der Waals surface area contributed by atoms with Gasteiger partial charge in [-0.25, -0.2) is 4.79 Å². The minimum absolute atomic E-state index is 0.103. The SMILES string of the molecule is O=CNCCCNC(=O)NC1CC1. The van der Waals surface area contributed by atoms with Crippen LogP contribution in [0.25, 0.3) is 0 Å². The lowest BCUT2D eigenvalue weighted by Crippen LogP contribution is -2.37. The van der Waals surface area contributed by atoms with Crippen molar-refractivity contribution in [3.05, 3.63) is 0 Å². The van der Waals surface area contributed by atoms with Crippen LogP contribution < -0.4 is 16.0 Å². The third-order valence-corrected chi connectivity index (χ3v) is 1.78. The van der Waals surface area contributed by atoms with Gasteiger partial charge in [0.05, 0.1) is 0 Å². The molecule has 1 rings (SSSR count). The number of nitrogens with one attached hydrogen (secondary N) is 3. The zero-order chi connectivity index (χ0) is 9.52. The Kier molecular flexibility index (Phi) is 4.08. The smallest absolute Gasteiger partial charge is 0.315 e. The standard InChI is InChI=1S/C8H15N3O2/c12-6-9-4-1-5-10-8(13)11-7-2-3-7/h6-7H,1-5H2,(H,9,12)(H2,10,11,13). The first-order valence-corrected chi connectivity index (χ1v) is 4.54. The number of amides is 3. The fourth-order valence-electron chi connectivity index (χ4n) is 0.915. The molecule has 0 aliphatic heterocycles. The molecule has 3 N–H and O–H groups in total. The Hall–Kier alpha value is -1.26. The average molecular weight is 185 g/mol. The van der Waals surface area contributed by atoms with E-state index in [0.717, 1.165) is 19.3 Å². The van der Waals surface area contributed by atoms with Gasteiger partial charge in [0.2, 0.25) is 6.41 Å². The van der Waals surface area contributed by atoms with Gasteiger partial charge in [-0.05, 0) is 19.3 Å². The second-order valence-electron chi connectivity index (χ2n) is 3.10. The maximum absolute atomic E-state index is 11.0. The first-order valence-electron chi connectivity index (χ1n) is 4.54. The van der Waals surface area contributed by atoms with Crippen molar-refractivity contribution >= 4 is 12.4 Å². The molecule has 0 aromatic rings. The van der Waals surface area contributed by atoms with Gasteiger partial charge in [-0.15, -0.1) is 0 Å². The van der Waals surface area contributed by atoms with Crippen molar-refractivity contribution in [3.63, 3.8) is 0 Å². The maximum Gasteiger partial charge on any atom is 0.315 e. The number of rotatable bonds is 6. The van der Waals surface area contributed by atoms with Crippen LogP contribution in [0, 0.1) is 0 Å². The summed E-state index contributed by atoms with van der Waals surface area (Å²) in [7, 11) is 0. The summed E-state index contributed by atoms with van der Waals surface area (Å²) in [5, 5.41) is 8.03. The van der Waals surface area contributed by atoms with Crippen molar-refractivity contribution in [1.29, 1.82) is 0 Å². The molecule has 0 aromatic carbocycles. The van der Waals surface area contributed by atoms with E-state index < -0.39 is 0 Å². The summed E-state index contributed by atoms with van der Waals surface area (Å²) in [6, 6.07) is 0.293. The molecule has 74 valence electrons. The summed E-state index contributed by atoms with van der Waals surface area (Å²) in [6.07, 6.45) is 3.61. The Labute approximate surface area is 77.3 Å². The van der Waals surface area contributed by atoms with Crippen LogP contribution in [0.4, 0.5) is 4.79 Å². The third-order valence-electron chi connectivity index (χ3n) is 1.78. The van der Waals surface area contributed by atoms with E-state index in [4.69, 9.17) is 0 Å². The molecule has 0 saturated heterocycles. The summed E-state index contributed by atoms with van der Waals surface area (Å²) < 4.78 is 0. The lowest BCUT2D eigenvalue weighted by Gasteiger charge is -2.05. The van der Waals surface area contributed by atoms with E-state index in [1.54, 1.807) is 0 Å². The van der Waals surface area contributed by atoms with Crippen LogP contribution >= 0.6 is 0 Å². The van der Waals surface area contributed by atoms with Crippen molar-refractivity contribution in [2.24, 2.45) is 0 Å². The lowest BCUT2D eigenvalue weighted by atomic mass is 10.4. The molecule has 5 nitrogen and oxygen atoms in total. The first-order chi connectivity index (χ1) is 6.33. The molecular weight excluding hydrogens is 170 g/mol. The molecule has 0 bridgehead atoms. The molecule has 13 heavy (non-hydrogen) atoms. The van der Waals surface area contributed by atoms with Gasteiger partial charge in [0.15, 0.2) is 0 Å². The predicted octanol–water partition coefficient (Wildman–Crippen LogP) is -0.416. The quantitative estimate of drug-likeness (QED) is 0.388. The van der Waals surface area contributed by atoms with E-state index in [9.17, 15) is 9.59 Å². The Bertz CT molecular complexity index is 180. The van der Waals surface area contributed by atoms with Crippen LogP contribution in [0.1, 0.15) is 19.3 Å². The van der Waals surface area contributed by atoms with E-state index in [1.165, 1.54) is 0 Å². The van der Waals surface area contributed by atoms with Gasteiger partial charge < -0.3 is 16.0 Å². The summed E-state index contributed by atoms with van der Waals surface area (Å²) in [6.45, 7) is 1.20. The third kappa shape index (κ3) is 5.05. The highest BCUT2D eigenvalue weighted by atomic mass is 16.2. The van der Waals surface area contributed by atoms with Crippen LogP contribution in [0.2, 0.25) is 0 Å². The number of hydrogen-bond donors (Lipinski definition) is 3. The molecule has 0 atom stereocenters. The highest BCUT2D eigenvalue weighted by Gasteiger charge is 2.22. The fourth-order valence-corrected chi connectivity index (χ4v) is 0.915. The molecule has 3 amide bonds. The molecule has 0 aromatic heterocycles. The Morgan fingerprint density at radius 3 is 2.77 bits per heavy atom. The Balaban J connectivity index is 1.85. The van der Waals surface area contributed by atoms with Crippen LogP contribution in [-0.2, 0) is 4.79 Å². The zero-order valence-corrected chi connectivity index (χ0v) is 7.51. The number of urea groups is 1.